The summed E-state index contributed by atoms with van der Waals surface area (Å²) in [6.45, 7) is 5.07. The first-order valence-electron chi connectivity index (χ1n) is 11.2. The highest BCUT2D eigenvalue weighted by atomic mass is 16.6. The molecule has 184 valence electrons. The lowest BCUT2D eigenvalue weighted by atomic mass is 9.85. The zero-order chi connectivity index (χ0) is 24.4. The van der Waals surface area contributed by atoms with Gasteiger partial charge in [0.2, 0.25) is 5.91 Å². The van der Waals surface area contributed by atoms with Gasteiger partial charge in [-0.3, -0.25) is 9.69 Å². The highest BCUT2D eigenvalue weighted by Crippen LogP contribution is 2.29. The third-order valence-electron chi connectivity index (χ3n) is 5.55. The van der Waals surface area contributed by atoms with Crippen molar-refractivity contribution < 1.29 is 28.6 Å². The van der Waals surface area contributed by atoms with Crippen molar-refractivity contribution in [1.82, 2.24) is 15.1 Å². The van der Waals surface area contributed by atoms with Gasteiger partial charge in [-0.05, 0) is 38.3 Å². The second kappa shape index (κ2) is 13.0. The number of amides is 2. The molecule has 1 unspecified atom stereocenters. The lowest BCUT2D eigenvalue weighted by Crippen LogP contribution is -2.60. The van der Waals surface area contributed by atoms with Crippen molar-refractivity contribution in [3.63, 3.8) is 0 Å². The highest BCUT2D eigenvalue weighted by Gasteiger charge is 2.40. The van der Waals surface area contributed by atoms with E-state index in [1.54, 1.807) is 21.0 Å². The van der Waals surface area contributed by atoms with Gasteiger partial charge in [-0.2, -0.15) is 0 Å². The maximum absolute atomic E-state index is 12.4. The highest BCUT2D eigenvalue weighted by molar-refractivity contribution is 5.89. The van der Waals surface area contributed by atoms with Crippen LogP contribution in [0.4, 0.5) is 4.79 Å². The Labute approximate surface area is 193 Å². The molecule has 2 aliphatic rings. The van der Waals surface area contributed by atoms with E-state index in [1.165, 1.54) is 11.8 Å². The van der Waals surface area contributed by atoms with Gasteiger partial charge in [0.15, 0.2) is 0 Å². The van der Waals surface area contributed by atoms with Gasteiger partial charge in [0, 0.05) is 44.1 Å². The zero-order valence-electron chi connectivity index (χ0n) is 19.7. The number of hydrogen-bond acceptors (Lipinski definition) is 8. The number of carbonyl (C=O) groups excluding carboxylic acids is 3. The normalized spacial score (nSPS) is 25.3. The summed E-state index contributed by atoms with van der Waals surface area (Å²) in [5.41, 5.74) is 9.50. The average molecular weight is 467 g/mol. The number of nitrogens with zero attached hydrogens (tertiary/aromatic N) is 5. The fraction of sp³-hybridized carbons (Fsp3) is 0.762. The summed E-state index contributed by atoms with van der Waals surface area (Å²) in [6.07, 6.45) is 3.15. The molecule has 1 heterocycles. The van der Waals surface area contributed by atoms with Gasteiger partial charge in [-0.25, -0.2) is 9.59 Å². The first-order valence-corrected chi connectivity index (χ1v) is 11.2. The molecule has 4 atom stereocenters. The fourth-order valence-electron chi connectivity index (χ4n) is 4.11. The second-order valence-electron chi connectivity index (χ2n) is 8.24. The van der Waals surface area contributed by atoms with Crippen molar-refractivity contribution in [2.24, 2.45) is 5.11 Å². The molecular formula is C21H34N6O6. The van der Waals surface area contributed by atoms with Crippen LogP contribution in [0.2, 0.25) is 0 Å². The van der Waals surface area contributed by atoms with E-state index in [2.05, 4.69) is 20.2 Å². The molecule has 1 aliphatic carbocycles. The number of rotatable bonds is 9. The van der Waals surface area contributed by atoms with E-state index in [1.807, 2.05) is 6.08 Å². The van der Waals surface area contributed by atoms with E-state index in [9.17, 15) is 14.4 Å². The summed E-state index contributed by atoms with van der Waals surface area (Å²) < 4.78 is 16.2. The Balaban J connectivity index is 2.14. The predicted octanol–water partition coefficient (Wildman–Crippen LogP) is 1.61. The molecule has 0 radical (unpaired) electrons. The van der Waals surface area contributed by atoms with Crippen molar-refractivity contribution in [3.8, 4) is 0 Å². The molecule has 2 amide bonds. The molecule has 0 aromatic heterocycles. The Hall–Kier alpha value is -2.82. The van der Waals surface area contributed by atoms with Gasteiger partial charge < -0.3 is 24.4 Å². The quantitative estimate of drug-likeness (QED) is 0.178. The maximum Gasteiger partial charge on any atom is 0.409 e. The number of likely N-dealkylation sites (tertiary alicyclic amines) is 1. The van der Waals surface area contributed by atoms with Crippen LogP contribution in [-0.2, 0) is 23.8 Å². The van der Waals surface area contributed by atoms with E-state index in [-0.39, 0.29) is 44.3 Å². The van der Waals surface area contributed by atoms with Crippen molar-refractivity contribution in [2.45, 2.75) is 57.3 Å². The van der Waals surface area contributed by atoms with E-state index in [4.69, 9.17) is 19.7 Å². The van der Waals surface area contributed by atoms with Crippen molar-refractivity contribution in [2.75, 3.05) is 47.0 Å². The molecule has 2 rings (SSSR count). The molecule has 0 saturated carbocycles. The van der Waals surface area contributed by atoms with Gasteiger partial charge in [-0.15, -0.1) is 0 Å². The number of azide groups is 1. The van der Waals surface area contributed by atoms with Crippen LogP contribution in [0, 0.1) is 0 Å². The first-order chi connectivity index (χ1) is 15.8. The van der Waals surface area contributed by atoms with E-state index < -0.39 is 24.1 Å². The largest absolute Gasteiger partial charge is 0.463 e. The summed E-state index contributed by atoms with van der Waals surface area (Å²) in [6, 6.07) is -1.48. The molecule has 0 aromatic carbocycles. The van der Waals surface area contributed by atoms with Crippen LogP contribution in [0.3, 0.4) is 0 Å². The number of nitrogens with one attached hydrogen (secondary N) is 1. The van der Waals surface area contributed by atoms with Crippen LogP contribution in [0.15, 0.2) is 16.8 Å². The first kappa shape index (κ1) is 26.4. The Kier molecular flexibility index (Phi) is 10.4. The third-order valence-corrected chi connectivity index (χ3v) is 5.55. The van der Waals surface area contributed by atoms with Gasteiger partial charge >= 0.3 is 12.1 Å². The molecule has 33 heavy (non-hydrogen) atoms. The Bertz CT molecular complexity index is 781. The molecule has 1 aliphatic heterocycles. The number of carbonyl (C=O) groups is 3. The number of hydrogen-bond donors (Lipinski definition) is 1. The van der Waals surface area contributed by atoms with Crippen LogP contribution in [0.1, 0.15) is 33.1 Å². The molecule has 1 saturated heterocycles. The van der Waals surface area contributed by atoms with Gasteiger partial charge in [0.1, 0.15) is 6.61 Å². The second-order valence-corrected chi connectivity index (χ2v) is 8.24. The SMILES string of the molecule is CCOC(=O)C1=C[C@@H](N2CCC[C@H](OCCOC(=O)N(C)C)C2)[C@H](NC(C)=O)C(N=[N+]=[N-])C1. The summed E-state index contributed by atoms with van der Waals surface area (Å²) in [7, 11) is 3.22. The van der Waals surface area contributed by atoms with Crippen LogP contribution in [0.25, 0.3) is 10.4 Å². The number of ether oxygens (including phenoxy) is 3. The Morgan fingerprint density at radius 3 is 2.70 bits per heavy atom. The average Bonchev–Trinajstić information content (AvgIpc) is 2.77. The third kappa shape index (κ3) is 7.92. The van der Waals surface area contributed by atoms with Crippen LogP contribution >= 0.6 is 0 Å². The summed E-state index contributed by atoms with van der Waals surface area (Å²) in [5, 5.41) is 6.77. The van der Waals surface area contributed by atoms with Crippen molar-refractivity contribution >= 4 is 18.0 Å². The van der Waals surface area contributed by atoms with E-state index >= 15 is 0 Å². The summed E-state index contributed by atoms with van der Waals surface area (Å²) in [5.74, 6) is -0.696. The fourth-order valence-corrected chi connectivity index (χ4v) is 4.11. The molecular weight excluding hydrogens is 432 g/mol. The number of piperidine rings is 1. The van der Waals surface area contributed by atoms with Gasteiger partial charge in [0.25, 0.3) is 0 Å². The predicted molar refractivity (Wildman–Crippen MR) is 119 cm³/mol. The summed E-state index contributed by atoms with van der Waals surface area (Å²) in [4.78, 5) is 42.3. The van der Waals surface area contributed by atoms with E-state index in [0.29, 0.717) is 12.1 Å². The van der Waals surface area contributed by atoms with Crippen LogP contribution < -0.4 is 5.32 Å². The van der Waals surface area contributed by atoms with Crippen molar-refractivity contribution in [3.05, 3.63) is 22.1 Å². The van der Waals surface area contributed by atoms with Gasteiger partial charge in [-0.1, -0.05) is 11.2 Å². The van der Waals surface area contributed by atoms with Gasteiger partial charge in [0.05, 0.1) is 31.4 Å². The Morgan fingerprint density at radius 1 is 1.30 bits per heavy atom. The molecule has 0 aromatic rings. The smallest absolute Gasteiger partial charge is 0.409 e. The Morgan fingerprint density at radius 2 is 2.06 bits per heavy atom. The molecule has 0 spiro atoms. The van der Waals surface area contributed by atoms with Crippen molar-refractivity contribution in [1.29, 1.82) is 0 Å². The molecule has 1 N–H and O–H groups in total. The minimum absolute atomic E-state index is 0.103. The lowest BCUT2D eigenvalue weighted by Gasteiger charge is -2.44. The monoisotopic (exact) mass is 466 g/mol. The molecule has 1 fully saturated rings. The minimum Gasteiger partial charge on any atom is -0.463 e. The standard InChI is InChI=1S/C21H34N6O6/c1-5-31-20(29)15-11-17(24-25-22)19(23-14(2)28)18(12-15)27-8-6-7-16(13-27)32-9-10-33-21(30)26(3)4/h12,16-19H,5-11,13H2,1-4H3,(H,23,28)/t16-,17?,18+,19+/m0/s1. The molecule has 0 bridgehead atoms. The molecule has 12 nitrogen and oxygen atoms in total. The van der Waals surface area contributed by atoms with Crippen LogP contribution in [-0.4, -0.2) is 99.0 Å². The maximum atomic E-state index is 12.4. The number of esters is 1. The minimum atomic E-state index is -0.625. The molecule has 12 heteroatoms. The van der Waals surface area contributed by atoms with E-state index in [0.717, 1.165) is 19.4 Å². The van der Waals surface area contributed by atoms with Crippen LogP contribution in [0.5, 0.6) is 0 Å². The topological polar surface area (TPSA) is 146 Å². The summed E-state index contributed by atoms with van der Waals surface area (Å²) >= 11 is 0. The zero-order valence-corrected chi connectivity index (χ0v) is 19.7. The lowest BCUT2D eigenvalue weighted by molar-refractivity contribution is -0.138.